The molecule has 0 saturated carbocycles. The van der Waals surface area contributed by atoms with E-state index >= 15 is 0 Å². The van der Waals surface area contributed by atoms with Gasteiger partial charge in [0.05, 0.1) is 11.4 Å². The molecule has 2 aromatic rings. The van der Waals surface area contributed by atoms with Crippen LogP contribution >= 0.6 is 0 Å². The maximum absolute atomic E-state index is 12.3. The highest BCUT2D eigenvalue weighted by atomic mass is 32.2. The Kier molecular flexibility index (Phi) is 5.18. The highest BCUT2D eigenvalue weighted by Crippen LogP contribution is 2.16. The number of hydrogen-bond donors (Lipinski definition) is 2. The zero-order chi connectivity index (χ0) is 17.0. The third kappa shape index (κ3) is 4.40. The van der Waals surface area contributed by atoms with Gasteiger partial charge in [-0.05, 0) is 49.6 Å². The van der Waals surface area contributed by atoms with Crippen molar-refractivity contribution in [2.24, 2.45) is 0 Å². The Morgan fingerprint density at radius 3 is 2.39 bits per heavy atom. The number of rotatable bonds is 5. The molecule has 122 valence electrons. The summed E-state index contributed by atoms with van der Waals surface area (Å²) in [5.41, 5.74) is 3.07. The van der Waals surface area contributed by atoms with Crippen molar-refractivity contribution in [3.8, 4) is 0 Å². The third-order valence-electron chi connectivity index (χ3n) is 3.48. The summed E-state index contributed by atoms with van der Waals surface area (Å²) in [6.45, 7) is 5.10. The largest absolute Gasteiger partial charge is 0.325 e. The summed E-state index contributed by atoms with van der Waals surface area (Å²) in [5.74, 6) is -0.409. The first kappa shape index (κ1) is 17.2. The molecule has 0 aliphatic carbocycles. The van der Waals surface area contributed by atoms with Gasteiger partial charge in [0.1, 0.15) is 0 Å². The minimum absolute atomic E-state index is 0.196. The lowest BCUT2D eigenvalue weighted by Crippen LogP contribution is -2.33. The fourth-order valence-corrected chi connectivity index (χ4v) is 3.45. The number of hydrogen-bond acceptors (Lipinski definition) is 3. The van der Waals surface area contributed by atoms with Gasteiger partial charge in [-0.2, -0.15) is 0 Å². The smallest absolute Gasteiger partial charge is 0.241 e. The molecule has 0 aliphatic rings. The van der Waals surface area contributed by atoms with E-state index in [-0.39, 0.29) is 11.4 Å². The molecular weight excluding hydrogens is 312 g/mol. The van der Waals surface area contributed by atoms with Crippen LogP contribution in [0.15, 0.2) is 47.4 Å². The topological polar surface area (TPSA) is 75.3 Å². The van der Waals surface area contributed by atoms with Crippen molar-refractivity contribution < 1.29 is 13.2 Å². The molecule has 2 N–H and O–H groups in total. The Hall–Kier alpha value is -2.18. The fourth-order valence-electron chi connectivity index (χ4n) is 2.14. The van der Waals surface area contributed by atoms with Gasteiger partial charge in [0, 0.05) is 5.69 Å². The van der Waals surface area contributed by atoms with E-state index in [4.69, 9.17) is 0 Å². The standard InChI is InChI=1S/C17H20N2O3S/c1-12-8-9-14(3)16(10-12)23(21,22)18-11-17(20)19-15-7-5-4-6-13(15)2/h4-10,18H,11H2,1-3H3,(H,19,20). The number of para-hydroxylation sites is 1. The highest BCUT2D eigenvalue weighted by Gasteiger charge is 2.18. The molecule has 2 rings (SSSR count). The Balaban J connectivity index is 2.06. The van der Waals surface area contributed by atoms with Crippen LogP contribution in [-0.4, -0.2) is 20.9 Å². The highest BCUT2D eigenvalue weighted by molar-refractivity contribution is 7.89. The van der Waals surface area contributed by atoms with Crippen LogP contribution in [0.2, 0.25) is 0 Å². The molecular formula is C17H20N2O3S. The van der Waals surface area contributed by atoms with Gasteiger partial charge in [0.25, 0.3) is 0 Å². The molecule has 5 nitrogen and oxygen atoms in total. The van der Waals surface area contributed by atoms with E-state index in [0.717, 1.165) is 11.1 Å². The van der Waals surface area contributed by atoms with Crippen LogP contribution in [0.25, 0.3) is 0 Å². The van der Waals surface area contributed by atoms with E-state index in [1.54, 1.807) is 25.1 Å². The quantitative estimate of drug-likeness (QED) is 0.883. The van der Waals surface area contributed by atoms with E-state index in [1.807, 2.05) is 38.1 Å². The van der Waals surface area contributed by atoms with Crippen LogP contribution in [0.5, 0.6) is 0 Å². The van der Waals surface area contributed by atoms with Crippen LogP contribution in [0, 0.1) is 20.8 Å². The Bertz CT molecular complexity index is 829. The molecule has 0 bridgehead atoms. The molecule has 23 heavy (non-hydrogen) atoms. The van der Waals surface area contributed by atoms with Gasteiger partial charge in [-0.15, -0.1) is 0 Å². The molecule has 0 aliphatic heterocycles. The average molecular weight is 332 g/mol. The zero-order valence-electron chi connectivity index (χ0n) is 13.4. The molecule has 6 heteroatoms. The zero-order valence-corrected chi connectivity index (χ0v) is 14.2. The van der Waals surface area contributed by atoms with E-state index < -0.39 is 15.9 Å². The van der Waals surface area contributed by atoms with Gasteiger partial charge >= 0.3 is 0 Å². The van der Waals surface area contributed by atoms with Crippen molar-refractivity contribution in [2.45, 2.75) is 25.7 Å². The minimum Gasteiger partial charge on any atom is -0.325 e. The predicted molar refractivity (Wildman–Crippen MR) is 90.9 cm³/mol. The van der Waals surface area contributed by atoms with Crippen molar-refractivity contribution in [3.05, 3.63) is 59.2 Å². The Morgan fingerprint density at radius 1 is 1.00 bits per heavy atom. The molecule has 0 atom stereocenters. The summed E-state index contributed by atoms with van der Waals surface area (Å²) in [7, 11) is -3.72. The summed E-state index contributed by atoms with van der Waals surface area (Å²) in [6.07, 6.45) is 0. The number of anilines is 1. The van der Waals surface area contributed by atoms with Gasteiger partial charge in [-0.3, -0.25) is 4.79 Å². The first-order chi connectivity index (χ1) is 10.8. The van der Waals surface area contributed by atoms with Crippen LogP contribution in [0.1, 0.15) is 16.7 Å². The van der Waals surface area contributed by atoms with E-state index in [0.29, 0.717) is 11.3 Å². The molecule has 1 amide bonds. The number of nitrogens with one attached hydrogen (secondary N) is 2. The summed E-state index contributed by atoms with van der Waals surface area (Å²) < 4.78 is 27.0. The maximum atomic E-state index is 12.3. The van der Waals surface area contributed by atoms with Crippen LogP contribution in [0.3, 0.4) is 0 Å². The van der Waals surface area contributed by atoms with E-state index in [2.05, 4.69) is 10.0 Å². The van der Waals surface area contributed by atoms with E-state index in [9.17, 15) is 13.2 Å². The number of aryl methyl sites for hydroxylation is 3. The number of amides is 1. The molecule has 0 radical (unpaired) electrons. The van der Waals surface area contributed by atoms with Gasteiger partial charge < -0.3 is 5.32 Å². The van der Waals surface area contributed by atoms with Gasteiger partial charge in [-0.25, -0.2) is 13.1 Å². The molecule has 0 heterocycles. The summed E-state index contributed by atoms with van der Waals surface area (Å²) in [6, 6.07) is 12.5. The van der Waals surface area contributed by atoms with E-state index in [1.165, 1.54) is 0 Å². The molecule has 0 unspecified atom stereocenters. The van der Waals surface area contributed by atoms with Crippen molar-refractivity contribution in [3.63, 3.8) is 0 Å². The second-order valence-corrected chi connectivity index (χ2v) is 7.19. The lowest BCUT2D eigenvalue weighted by atomic mass is 10.2. The summed E-state index contributed by atoms with van der Waals surface area (Å²) in [4.78, 5) is 12.2. The second-order valence-electron chi connectivity index (χ2n) is 5.46. The maximum Gasteiger partial charge on any atom is 0.241 e. The summed E-state index contributed by atoms with van der Waals surface area (Å²) >= 11 is 0. The number of benzene rings is 2. The van der Waals surface area contributed by atoms with Crippen molar-refractivity contribution in [1.29, 1.82) is 0 Å². The Morgan fingerprint density at radius 2 is 1.70 bits per heavy atom. The van der Waals surface area contributed by atoms with Gasteiger partial charge in [0.15, 0.2) is 0 Å². The first-order valence-corrected chi connectivity index (χ1v) is 8.70. The number of carbonyl (C=O) groups excluding carboxylic acids is 1. The fraction of sp³-hybridized carbons (Fsp3) is 0.235. The van der Waals surface area contributed by atoms with Gasteiger partial charge in [-0.1, -0.05) is 30.3 Å². The molecule has 2 aromatic carbocycles. The Labute approximate surface area is 136 Å². The van der Waals surface area contributed by atoms with Crippen molar-refractivity contribution in [1.82, 2.24) is 4.72 Å². The van der Waals surface area contributed by atoms with Crippen LogP contribution in [-0.2, 0) is 14.8 Å². The lowest BCUT2D eigenvalue weighted by molar-refractivity contribution is -0.115. The second kappa shape index (κ2) is 6.93. The molecule has 0 spiro atoms. The summed E-state index contributed by atoms with van der Waals surface area (Å²) in [5, 5.41) is 2.69. The predicted octanol–water partition coefficient (Wildman–Crippen LogP) is 2.53. The van der Waals surface area contributed by atoms with Crippen LogP contribution in [0.4, 0.5) is 5.69 Å². The molecule has 0 fully saturated rings. The van der Waals surface area contributed by atoms with Gasteiger partial charge in [0.2, 0.25) is 15.9 Å². The SMILES string of the molecule is Cc1ccc(C)c(S(=O)(=O)NCC(=O)Nc2ccccc2C)c1. The van der Waals surface area contributed by atoms with Crippen molar-refractivity contribution in [2.75, 3.05) is 11.9 Å². The normalized spacial score (nSPS) is 11.3. The number of carbonyl (C=O) groups is 1. The lowest BCUT2D eigenvalue weighted by Gasteiger charge is -2.11. The monoisotopic (exact) mass is 332 g/mol. The minimum atomic E-state index is -3.72. The number of sulfonamides is 1. The molecule has 0 saturated heterocycles. The average Bonchev–Trinajstić information content (AvgIpc) is 2.50. The van der Waals surface area contributed by atoms with Crippen molar-refractivity contribution >= 4 is 21.6 Å². The third-order valence-corrected chi connectivity index (χ3v) is 5.02. The van der Waals surface area contributed by atoms with Crippen LogP contribution < -0.4 is 10.0 Å². The first-order valence-electron chi connectivity index (χ1n) is 7.22. The molecule has 0 aromatic heterocycles.